The number of furan rings is 1. The molecule has 0 fully saturated rings. The molecule has 3 heterocycles. The molecule has 8 heteroatoms. The van der Waals surface area contributed by atoms with Gasteiger partial charge in [-0.05, 0) is 48.4 Å². The van der Waals surface area contributed by atoms with E-state index in [-0.39, 0.29) is 5.91 Å². The quantitative estimate of drug-likeness (QED) is 0.464. The normalized spacial score (nSPS) is 10.9. The number of amides is 1. The monoisotopic (exact) mass is 423 g/mol. The lowest BCUT2D eigenvalue weighted by Gasteiger charge is -2.10. The van der Waals surface area contributed by atoms with Crippen LogP contribution in [-0.4, -0.2) is 31.7 Å². The summed E-state index contributed by atoms with van der Waals surface area (Å²) in [5.41, 5.74) is 8.39. The van der Waals surface area contributed by atoms with Crippen LogP contribution in [0.2, 0.25) is 0 Å². The van der Waals surface area contributed by atoms with Gasteiger partial charge >= 0.3 is 0 Å². The molecule has 0 saturated heterocycles. The van der Waals surface area contributed by atoms with E-state index >= 15 is 0 Å². The van der Waals surface area contributed by atoms with Gasteiger partial charge in [-0.25, -0.2) is 4.98 Å². The summed E-state index contributed by atoms with van der Waals surface area (Å²) in [4.78, 5) is 18.4. The molecule has 154 valence electrons. The van der Waals surface area contributed by atoms with E-state index in [9.17, 15) is 4.79 Å². The summed E-state index contributed by atoms with van der Waals surface area (Å²) >= 11 is 1.27. The molecule has 3 aromatic heterocycles. The van der Waals surface area contributed by atoms with Crippen LogP contribution >= 0.6 is 11.3 Å². The Hall–Kier alpha value is -3.52. The van der Waals surface area contributed by atoms with E-state index in [1.807, 2.05) is 36.4 Å². The van der Waals surface area contributed by atoms with Crippen molar-refractivity contribution >= 4 is 33.1 Å². The van der Waals surface area contributed by atoms with Crippen LogP contribution in [0.5, 0.6) is 11.5 Å². The molecular formula is C22H21N3O4S. The van der Waals surface area contributed by atoms with Crippen LogP contribution in [0, 0.1) is 0 Å². The topological polar surface area (TPSA) is 99.6 Å². The highest BCUT2D eigenvalue weighted by Crippen LogP contribution is 2.34. The number of hydrogen-bond acceptors (Lipinski definition) is 7. The van der Waals surface area contributed by atoms with E-state index in [0.29, 0.717) is 51.3 Å². The van der Waals surface area contributed by atoms with Gasteiger partial charge in [-0.1, -0.05) is 6.07 Å². The highest BCUT2D eigenvalue weighted by atomic mass is 32.1. The minimum Gasteiger partial charge on any atom is -0.493 e. The van der Waals surface area contributed by atoms with Gasteiger partial charge in [0.2, 0.25) is 0 Å². The molecule has 0 saturated carbocycles. The Kier molecular flexibility index (Phi) is 5.58. The fraction of sp³-hybridized carbons (Fsp3) is 0.182. The summed E-state index contributed by atoms with van der Waals surface area (Å²) in [6.45, 7) is 0.465. The van der Waals surface area contributed by atoms with Crippen molar-refractivity contribution < 1.29 is 18.7 Å². The van der Waals surface area contributed by atoms with Crippen molar-refractivity contribution in [3.8, 4) is 23.0 Å². The minimum atomic E-state index is -0.212. The molecule has 0 aliphatic carbocycles. The Labute approximate surface area is 177 Å². The summed E-state index contributed by atoms with van der Waals surface area (Å²) in [6, 6.07) is 13.0. The number of nitrogens with two attached hydrogens (primary N) is 1. The number of nitrogen functional groups attached to an aromatic ring is 1. The maximum atomic E-state index is 12.7. The lowest BCUT2D eigenvalue weighted by molar-refractivity contribution is 0.0959. The number of hydrogen-bond donors (Lipinski definition) is 2. The van der Waals surface area contributed by atoms with Crippen molar-refractivity contribution in [2.45, 2.75) is 6.42 Å². The molecule has 1 aromatic carbocycles. The first-order chi connectivity index (χ1) is 14.6. The van der Waals surface area contributed by atoms with Gasteiger partial charge < -0.3 is 24.9 Å². The van der Waals surface area contributed by atoms with Crippen molar-refractivity contribution in [1.29, 1.82) is 0 Å². The van der Waals surface area contributed by atoms with Gasteiger partial charge in [0.05, 0.1) is 26.2 Å². The van der Waals surface area contributed by atoms with Crippen LogP contribution in [0.15, 0.2) is 53.1 Å². The third kappa shape index (κ3) is 3.81. The number of pyridine rings is 1. The van der Waals surface area contributed by atoms with Crippen molar-refractivity contribution in [3.05, 3.63) is 59.2 Å². The van der Waals surface area contributed by atoms with Crippen LogP contribution in [0.3, 0.4) is 0 Å². The second-order valence-electron chi connectivity index (χ2n) is 6.57. The number of methoxy groups -OCH3 is 2. The third-order valence-corrected chi connectivity index (χ3v) is 5.83. The fourth-order valence-electron chi connectivity index (χ4n) is 3.16. The van der Waals surface area contributed by atoms with E-state index in [0.717, 1.165) is 10.9 Å². The number of carbonyl (C=O) groups excluding carboxylic acids is 1. The van der Waals surface area contributed by atoms with Crippen molar-refractivity contribution in [3.63, 3.8) is 0 Å². The van der Waals surface area contributed by atoms with Crippen LogP contribution in [0.25, 0.3) is 21.7 Å². The number of rotatable bonds is 7. The van der Waals surface area contributed by atoms with E-state index < -0.39 is 0 Å². The molecule has 4 rings (SSSR count). The number of fused-ring (bicyclic) bond motifs is 1. The van der Waals surface area contributed by atoms with Gasteiger partial charge in [0.1, 0.15) is 15.4 Å². The molecule has 0 unspecified atom stereocenters. The fourth-order valence-corrected chi connectivity index (χ4v) is 4.17. The van der Waals surface area contributed by atoms with Crippen LogP contribution < -0.4 is 20.5 Å². The molecule has 0 atom stereocenters. The smallest absolute Gasteiger partial charge is 0.263 e. The van der Waals surface area contributed by atoms with Gasteiger partial charge in [-0.2, -0.15) is 0 Å². The first kappa shape index (κ1) is 19.8. The van der Waals surface area contributed by atoms with E-state index in [4.69, 9.17) is 19.6 Å². The largest absolute Gasteiger partial charge is 0.493 e. The number of nitrogens with zero attached hydrogens (tertiary/aromatic N) is 1. The Morgan fingerprint density at radius 3 is 2.73 bits per heavy atom. The maximum absolute atomic E-state index is 12.7. The molecule has 0 bridgehead atoms. The molecule has 0 radical (unpaired) electrons. The molecule has 1 amide bonds. The summed E-state index contributed by atoms with van der Waals surface area (Å²) in [7, 11) is 3.19. The zero-order valence-corrected chi connectivity index (χ0v) is 17.4. The second-order valence-corrected chi connectivity index (χ2v) is 7.57. The number of nitrogens with one attached hydrogen (secondary N) is 1. The molecule has 3 N–H and O–H groups in total. The predicted molar refractivity (Wildman–Crippen MR) is 117 cm³/mol. The molecular weight excluding hydrogens is 402 g/mol. The molecule has 4 aromatic rings. The van der Waals surface area contributed by atoms with E-state index in [1.54, 1.807) is 26.5 Å². The van der Waals surface area contributed by atoms with Crippen molar-refractivity contribution in [2.75, 3.05) is 26.5 Å². The number of anilines is 1. The molecule has 7 nitrogen and oxygen atoms in total. The highest BCUT2D eigenvalue weighted by Gasteiger charge is 2.18. The van der Waals surface area contributed by atoms with Gasteiger partial charge in [0, 0.05) is 11.9 Å². The standard InChI is InChI=1S/C22H21N3O4S/c1-27-17-8-5-13(12-18(17)28-2)9-10-24-21(26)20-19(23)14-6-7-15(25-22(14)30-20)16-4-3-11-29-16/h3-8,11-12H,9-10,23H2,1-2H3,(H,24,26). The Morgan fingerprint density at radius 1 is 1.17 bits per heavy atom. The molecule has 0 spiro atoms. The lowest BCUT2D eigenvalue weighted by Crippen LogP contribution is -2.25. The first-order valence-electron chi connectivity index (χ1n) is 9.32. The first-order valence-corrected chi connectivity index (χ1v) is 10.1. The van der Waals surface area contributed by atoms with Gasteiger partial charge in [0.25, 0.3) is 5.91 Å². The minimum absolute atomic E-state index is 0.212. The summed E-state index contributed by atoms with van der Waals surface area (Å²) in [5, 5.41) is 3.69. The SMILES string of the molecule is COc1ccc(CCNC(=O)c2sc3nc(-c4ccco4)ccc3c2N)cc1OC. The highest BCUT2D eigenvalue weighted by molar-refractivity contribution is 7.21. The van der Waals surface area contributed by atoms with Crippen LogP contribution in [-0.2, 0) is 6.42 Å². The van der Waals surface area contributed by atoms with E-state index in [2.05, 4.69) is 10.3 Å². The second kappa shape index (κ2) is 8.46. The Bertz CT molecular complexity index is 1180. The van der Waals surface area contributed by atoms with Crippen molar-refractivity contribution in [2.24, 2.45) is 0 Å². The van der Waals surface area contributed by atoms with E-state index in [1.165, 1.54) is 11.3 Å². The Morgan fingerprint density at radius 2 is 2.00 bits per heavy atom. The summed E-state index contributed by atoms with van der Waals surface area (Å²) in [5.74, 6) is 1.79. The number of aromatic nitrogens is 1. The van der Waals surface area contributed by atoms with Crippen LogP contribution in [0.1, 0.15) is 15.2 Å². The lowest BCUT2D eigenvalue weighted by atomic mass is 10.1. The number of carbonyl (C=O) groups is 1. The maximum Gasteiger partial charge on any atom is 0.263 e. The van der Waals surface area contributed by atoms with Crippen molar-refractivity contribution in [1.82, 2.24) is 10.3 Å². The number of thiophene rings is 1. The average Bonchev–Trinajstić information content (AvgIpc) is 3.42. The predicted octanol–water partition coefficient (Wildman–Crippen LogP) is 4.13. The zero-order valence-electron chi connectivity index (χ0n) is 16.6. The molecule has 0 aliphatic rings. The van der Waals surface area contributed by atoms with Crippen LogP contribution in [0.4, 0.5) is 5.69 Å². The third-order valence-electron chi connectivity index (χ3n) is 4.72. The number of ether oxygens (including phenoxy) is 2. The average molecular weight is 423 g/mol. The summed E-state index contributed by atoms with van der Waals surface area (Å²) < 4.78 is 16.0. The van der Waals surface area contributed by atoms with Gasteiger partial charge in [-0.15, -0.1) is 11.3 Å². The summed E-state index contributed by atoms with van der Waals surface area (Å²) in [6.07, 6.45) is 2.25. The molecule has 30 heavy (non-hydrogen) atoms. The van der Waals surface area contributed by atoms with Gasteiger partial charge in [0.15, 0.2) is 17.3 Å². The zero-order chi connectivity index (χ0) is 21.1. The number of benzene rings is 1. The molecule has 0 aliphatic heterocycles. The Balaban J connectivity index is 1.46. The van der Waals surface area contributed by atoms with Gasteiger partial charge in [-0.3, -0.25) is 4.79 Å².